The number of hydrogen-bond acceptors (Lipinski definition) is 3. The van der Waals surface area contributed by atoms with E-state index < -0.39 is 0 Å². The van der Waals surface area contributed by atoms with Gasteiger partial charge in [0.25, 0.3) is 0 Å². The van der Waals surface area contributed by atoms with Crippen molar-refractivity contribution < 1.29 is 14.3 Å². The van der Waals surface area contributed by atoms with E-state index >= 15 is 0 Å². The van der Waals surface area contributed by atoms with E-state index in [0.717, 1.165) is 28.4 Å². The second-order valence-electron chi connectivity index (χ2n) is 4.36. The number of aromatic nitrogens is 1. The second kappa shape index (κ2) is 7.33. The largest absolute Gasteiger partial charge is 0.494 e. The lowest BCUT2D eigenvalue weighted by atomic mass is 10.2. The van der Waals surface area contributed by atoms with Crippen molar-refractivity contribution in [3.8, 4) is 5.75 Å². The van der Waals surface area contributed by atoms with Crippen molar-refractivity contribution in [3.63, 3.8) is 0 Å². The SMILES string of the molecule is CCOC(=O)Cn1ccc2cc(OCCCBr)ccc21. The number of carbonyl (C=O) groups excluding carboxylic acids is 1. The van der Waals surface area contributed by atoms with Gasteiger partial charge in [-0.15, -0.1) is 0 Å². The Morgan fingerprint density at radius 2 is 2.20 bits per heavy atom. The van der Waals surface area contributed by atoms with Crippen LogP contribution in [0.1, 0.15) is 13.3 Å². The smallest absolute Gasteiger partial charge is 0.325 e. The molecule has 4 nitrogen and oxygen atoms in total. The number of halogens is 1. The molecule has 0 aliphatic heterocycles. The lowest BCUT2D eigenvalue weighted by Crippen LogP contribution is -2.12. The minimum atomic E-state index is -0.220. The molecule has 0 amide bonds. The summed E-state index contributed by atoms with van der Waals surface area (Å²) in [7, 11) is 0. The molecule has 2 rings (SSSR count). The average molecular weight is 340 g/mol. The van der Waals surface area contributed by atoms with Gasteiger partial charge in [-0.1, -0.05) is 15.9 Å². The molecule has 0 spiro atoms. The molecule has 5 heteroatoms. The first-order valence-corrected chi connectivity index (χ1v) is 7.80. The molecule has 0 N–H and O–H groups in total. The number of alkyl halides is 1. The van der Waals surface area contributed by atoms with Crippen LogP contribution in [0, 0.1) is 0 Å². The zero-order valence-electron chi connectivity index (χ0n) is 11.5. The van der Waals surface area contributed by atoms with Crippen LogP contribution in [0.2, 0.25) is 0 Å². The topological polar surface area (TPSA) is 40.5 Å². The van der Waals surface area contributed by atoms with Gasteiger partial charge in [-0.05, 0) is 37.6 Å². The van der Waals surface area contributed by atoms with Crippen LogP contribution in [0.25, 0.3) is 10.9 Å². The molecule has 0 saturated carbocycles. The van der Waals surface area contributed by atoms with Crippen molar-refractivity contribution in [3.05, 3.63) is 30.5 Å². The fourth-order valence-electron chi connectivity index (χ4n) is 2.00. The van der Waals surface area contributed by atoms with Crippen molar-refractivity contribution in [2.45, 2.75) is 19.9 Å². The number of benzene rings is 1. The second-order valence-corrected chi connectivity index (χ2v) is 5.15. The summed E-state index contributed by atoms with van der Waals surface area (Å²) in [6.45, 7) is 3.15. The Bertz CT molecular complexity index is 580. The Kier molecular flexibility index (Phi) is 5.47. The fraction of sp³-hybridized carbons (Fsp3) is 0.400. The van der Waals surface area contributed by atoms with Gasteiger partial charge in [0.15, 0.2) is 0 Å². The van der Waals surface area contributed by atoms with E-state index in [2.05, 4.69) is 15.9 Å². The lowest BCUT2D eigenvalue weighted by Gasteiger charge is -2.07. The Morgan fingerprint density at radius 3 is 2.95 bits per heavy atom. The molecule has 0 bridgehead atoms. The maximum absolute atomic E-state index is 11.5. The predicted molar refractivity (Wildman–Crippen MR) is 82.5 cm³/mol. The van der Waals surface area contributed by atoms with Crippen LogP contribution in [-0.4, -0.2) is 29.1 Å². The van der Waals surface area contributed by atoms with E-state index in [9.17, 15) is 4.79 Å². The molecule has 0 fully saturated rings. The first-order chi connectivity index (χ1) is 9.74. The van der Waals surface area contributed by atoms with Crippen LogP contribution >= 0.6 is 15.9 Å². The third-order valence-corrected chi connectivity index (χ3v) is 3.45. The number of ether oxygens (including phenoxy) is 2. The van der Waals surface area contributed by atoms with Gasteiger partial charge in [-0.25, -0.2) is 0 Å². The quantitative estimate of drug-likeness (QED) is 0.441. The van der Waals surface area contributed by atoms with Crippen molar-refractivity contribution in [2.75, 3.05) is 18.5 Å². The van der Waals surface area contributed by atoms with Crippen LogP contribution in [-0.2, 0) is 16.1 Å². The van der Waals surface area contributed by atoms with E-state index in [4.69, 9.17) is 9.47 Å². The van der Waals surface area contributed by atoms with Crippen molar-refractivity contribution in [2.24, 2.45) is 0 Å². The van der Waals surface area contributed by atoms with Crippen molar-refractivity contribution in [1.29, 1.82) is 0 Å². The van der Waals surface area contributed by atoms with Crippen LogP contribution in [0.4, 0.5) is 0 Å². The number of esters is 1. The number of carbonyl (C=O) groups is 1. The molecule has 0 atom stereocenters. The molecule has 0 saturated heterocycles. The summed E-state index contributed by atoms with van der Waals surface area (Å²) >= 11 is 3.37. The zero-order valence-corrected chi connectivity index (χ0v) is 13.1. The van der Waals surface area contributed by atoms with Gasteiger partial charge in [0.1, 0.15) is 12.3 Å². The molecule has 1 aromatic heterocycles. The number of hydrogen-bond donors (Lipinski definition) is 0. The highest BCUT2D eigenvalue weighted by atomic mass is 79.9. The summed E-state index contributed by atoms with van der Waals surface area (Å²) in [6, 6.07) is 7.87. The zero-order chi connectivity index (χ0) is 14.4. The molecule has 0 unspecified atom stereocenters. The van der Waals surface area contributed by atoms with E-state index in [0.29, 0.717) is 13.2 Å². The van der Waals surface area contributed by atoms with E-state index in [1.807, 2.05) is 42.0 Å². The monoisotopic (exact) mass is 339 g/mol. The molecular formula is C15H18BrNO3. The van der Waals surface area contributed by atoms with E-state index in [1.54, 1.807) is 0 Å². The third-order valence-electron chi connectivity index (χ3n) is 2.89. The van der Waals surface area contributed by atoms with Crippen molar-refractivity contribution in [1.82, 2.24) is 4.57 Å². The van der Waals surface area contributed by atoms with Crippen LogP contribution in [0.15, 0.2) is 30.5 Å². The number of fused-ring (bicyclic) bond motifs is 1. The highest BCUT2D eigenvalue weighted by molar-refractivity contribution is 9.09. The van der Waals surface area contributed by atoms with Gasteiger partial charge in [0.2, 0.25) is 0 Å². The molecule has 2 aromatic rings. The predicted octanol–water partition coefficient (Wildman–Crippen LogP) is 3.37. The molecule has 108 valence electrons. The van der Waals surface area contributed by atoms with Gasteiger partial charge in [0, 0.05) is 22.4 Å². The van der Waals surface area contributed by atoms with Crippen LogP contribution in [0.5, 0.6) is 5.75 Å². The van der Waals surface area contributed by atoms with Gasteiger partial charge in [-0.2, -0.15) is 0 Å². The summed E-state index contributed by atoms with van der Waals surface area (Å²) < 4.78 is 12.5. The Hall–Kier alpha value is -1.49. The molecule has 0 aliphatic carbocycles. The van der Waals surface area contributed by atoms with Gasteiger partial charge in [0.05, 0.1) is 13.2 Å². The molecule has 20 heavy (non-hydrogen) atoms. The molecule has 0 aliphatic rings. The Labute approximate surface area is 126 Å². The summed E-state index contributed by atoms with van der Waals surface area (Å²) in [5.74, 6) is 0.634. The normalized spacial score (nSPS) is 10.7. The minimum absolute atomic E-state index is 0.220. The summed E-state index contributed by atoms with van der Waals surface area (Å²) in [5.41, 5.74) is 1.01. The number of nitrogens with zero attached hydrogens (tertiary/aromatic N) is 1. The lowest BCUT2D eigenvalue weighted by molar-refractivity contribution is -0.143. The van der Waals surface area contributed by atoms with Crippen molar-refractivity contribution >= 4 is 32.8 Å². The average Bonchev–Trinajstić information content (AvgIpc) is 2.82. The Balaban J connectivity index is 2.10. The first-order valence-electron chi connectivity index (χ1n) is 6.68. The van der Waals surface area contributed by atoms with E-state index in [-0.39, 0.29) is 12.5 Å². The number of rotatable bonds is 7. The molecule has 1 heterocycles. The molecule has 1 aromatic carbocycles. The molecular weight excluding hydrogens is 322 g/mol. The molecule has 0 radical (unpaired) electrons. The van der Waals surface area contributed by atoms with E-state index in [1.165, 1.54) is 0 Å². The maximum atomic E-state index is 11.5. The van der Waals surface area contributed by atoms with Crippen LogP contribution < -0.4 is 4.74 Å². The van der Waals surface area contributed by atoms with Gasteiger partial charge in [-0.3, -0.25) is 4.79 Å². The van der Waals surface area contributed by atoms with Crippen LogP contribution in [0.3, 0.4) is 0 Å². The highest BCUT2D eigenvalue weighted by Crippen LogP contribution is 2.22. The van der Waals surface area contributed by atoms with Gasteiger partial charge >= 0.3 is 5.97 Å². The third kappa shape index (κ3) is 3.76. The first kappa shape index (κ1) is 14.9. The standard InChI is InChI=1S/C15H18BrNO3/c1-2-19-15(18)11-17-8-6-12-10-13(4-5-14(12)17)20-9-3-7-16/h4-6,8,10H,2-3,7,9,11H2,1H3. The summed E-state index contributed by atoms with van der Waals surface area (Å²) in [4.78, 5) is 11.5. The summed E-state index contributed by atoms with van der Waals surface area (Å²) in [6.07, 6.45) is 2.87. The van der Waals surface area contributed by atoms with Gasteiger partial charge < -0.3 is 14.0 Å². The fourth-order valence-corrected chi connectivity index (χ4v) is 2.23. The maximum Gasteiger partial charge on any atom is 0.325 e. The minimum Gasteiger partial charge on any atom is -0.494 e. The highest BCUT2D eigenvalue weighted by Gasteiger charge is 2.07. The summed E-state index contributed by atoms with van der Waals surface area (Å²) in [5, 5.41) is 2.00. The Morgan fingerprint density at radius 1 is 1.35 bits per heavy atom.